The summed E-state index contributed by atoms with van der Waals surface area (Å²) in [6.45, 7) is 3.78. The molecular formula is C12H13N3O. The molecule has 2 aromatic rings. The van der Waals surface area contributed by atoms with E-state index >= 15 is 0 Å². The molecule has 0 saturated heterocycles. The second-order valence-corrected chi connectivity index (χ2v) is 3.71. The molecule has 1 aromatic carbocycles. The van der Waals surface area contributed by atoms with Crippen molar-refractivity contribution in [3.63, 3.8) is 0 Å². The molecule has 0 unspecified atom stereocenters. The number of H-pyrrole nitrogens is 1. The molecule has 0 radical (unpaired) electrons. The van der Waals surface area contributed by atoms with Crippen LogP contribution in [0.15, 0.2) is 30.5 Å². The number of nitrogens with one attached hydrogen (secondary N) is 2. The summed E-state index contributed by atoms with van der Waals surface area (Å²) in [6.07, 6.45) is 1.60. The van der Waals surface area contributed by atoms with Crippen LogP contribution in [0.3, 0.4) is 0 Å². The quantitative estimate of drug-likeness (QED) is 0.807. The molecule has 0 aliphatic carbocycles. The van der Waals surface area contributed by atoms with Crippen molar-refractivity contribution in [2.45, 2.75) is 13.8 Å². The lowest BCUT2D eigenvalue weighted by Gasteiger charge is -2.04. The number of carbonyl (C=O) groups is 1. The Labute approximate surface area is 93.7 Å². The standard InChI is InChI=1S/C12H13N3O/c1-8-4-3-5-10(6-8)14-12(16)11-7-13-15-9(11)2/h3-7H,1-2H3,(H,13,15)(H,14,16). The van der Waals surface area contributed by atoms with Crippen LogP contribution >= 0.6 is 0 Å². The van der Waals surface area contributed by atoms with Crippen LogP contribution in [0.5, 0.6) is 0 Å². The molecule has 0 bridgehead atoms. The Bertz CT molecular complexity index is 516. The van der Waals surface area contributed by atoms with Crippen LogP contribution in [0.4, 0.5) is 5.69 Å². The Hall–Kier alpha value is -2.10. The van der Waals surface area contributed by atoms with Gasteiger partial charge >= 0.3 is 0 Å². The van der Waals surface area contributed by atoms with Gasteiger partial charge in [-0.25, -0.2) is 0 Å². The number of carbonyl (C=O) groups excluding carboxylic acids is 1. The van der Waals surface area contributed by atoms with Gasteiger partial charge in [-0.05, 0) is 31.5 Å². The van der Waals surface area contributed by atoms with Gasteiger partial charge in [0.2, 0.25) is 0 Å². The summed E-state index contributed by atoms with van der Waals surface area (Å²) in [6, 6.07) is 7.68. The molecule has 4 heteroatoms. The largest absolute Gasteiger partial charge is 0.322 e. The lowest BCUT2D eigenvalue weighted by molar-refractivity contribution is 0.102. The Kier molecular flexibility index (Phi) is 2.72. The van der Waals surface area contributed by atoms with Crippen molar-refractivity contribution in [2.75, 3.05) is 5.32 Å². The highest BCUT2D eigenvalue weighted by atomic mass is 16.1. The zero-order valence-electron chi connectivity index (χ0n) is 9.24. The summed E-state index contributed by atoms with van der Waals surface area (Å²) < 4.78 is 0. The Morgan fingerprint density at radius 1 is 1.38 bits per heavy atom. The van der Waals surface area contributed by atoms with Gasteiger partial charge in [-0.15, -0.1) is 0 Å². The summed E-state index contributed by atoms with van der Waals surface area (Å²) >= 11 is 0. The first-order chi connectivity index (χ1) is 7.66. The smallest absolute Gasteiger partial charge is 0.259 e. The minimum atomic E-state index is -0.142. The van der Waals surface area contributed by atoms with E-state index in [-0.39, 0.29) is 5.91 Å². The minimum Gasteiger partial charge on any atom is -0.322 e. The van der Waals surface area contributed by atoms with Gasteiger partial charge < -0.3 is 5.32 Å². The monoisotopic (exact) mass is 215 g/mol. The van der Waals surface area contributed by atoms with Gasteiger partial charge in [0.15, 0.2) is 0 Å². The summed E-state index contributed by atoms with van der Waals surface area (Å²) in [5, 5.41) is 9.40. The van der Waals surface area contributed by atoms with Crippen LogP contribution in [0.25, 0.3) is 0 Å². The normalized spacial score (nSPS) is 10.1. The first-order valence-electron chi connectivity index (χ1n) is 5.05. The number of aromatic amines is 1. The predicted molar refractivity (Wildman–Crippen MR) is 62.5 cm³/mol. The molecule has 2 rings (SSSR count). The van der Waals surface area contributed by atoms with Crippen LogP contribution in [0, 0.1) is 13.8 Å². The van der Waals surface area contributed by atoms with E-state index in [0.29, 0.717) is 11.3 Å². The van der Waals surface area contributed by atoms with Crippen LogP contribution in [0.1, 0.15) is 21.6 Å². The molecule has 16 heavy (non-hydrogen) atoms. The summed E-state index contributed by atoms with van der Waals surface area (Å²) in [4.78, 5) is 11.8. The van der Waals surface area contributed by atoms with Gasteiger partial charge in [-0.1, -0.05) is 12.1 Å². The number of aromatic nitrogens is 2. The number of anilines is 1. The molecule has 1 aromatic heterocycles. The number of aryl methyl sites for hydroxylation is 2. The predicted octanol–water partition coefficient (Wildman–Crippen LogP) is 2.28. The molecule has 1 amide bonds. The van der Waals surface area contributed by atoms with E-state index in [4.69, 9.17) is 0 Å². The van der Waals surface area contributed by atoms with Crippen LogP contribution in [-0.4, -0.2) is 16.1 Å². The second kappa shape index (κ2) is 4.18. The van der Waals surface area contributed by atoms with Gasteiger partial charge in [0.25, 0.3) is 5.91 Å². The molecule has 0 saturated carbocycles. The topological polar surface area (TPSA) is 57.8 Å². The molecule has 1 heterocycles. The molecular weight excluding hydrogens is 202 g/mol. The van der Waals surface area contributed by atoms with E-state index < -0.39 is 0 Å². The van der Waals surface area contributed by atoms with Crippen molar-refractivity contribution < 1.29 is 4.79 Å². The van der Waals surface area contributed by atoms with E-state index in [0.717, 1.165) is 11.3 Å². The van der Waals surface area contributed by atoms with Crippen LogP contribution in [-0.2, 0) is 0 Å². The Morgan fingerprint density at radius 3 is 2.81 bits per heavy atom. The molecule has 0 aliphatic heterocycles. The average molecular weight is 215 g/mol. The van der Waals surface area contributed by atoms with Gasteiger partial charge in [-0.3, -0.25) is 9.89 Å². The maximum atomic E-state index is 11.8. The van der Waals surface area contributed by atoms with Crippen LogP contribution < -0.4 is 5.32 Å². The van der Waals surface area contributed by atoms with Crippen molar-refractivity contribution in [2.24, 2.45) is 0 Å². The number of amides is 1. The average Bonchev–Trinajstić information content (AvgIpc) is 2.64. The van der Waals surface area contributed by atoms with E-state index in [1.807, 2.05) is 31.2 Å². The number of hydrogen-bond acceptors (Lipinski definition) is 2. The van der Waals surface area contributed by atoms with Crippen molar-refractivity contribution in [3.8, 4) is 0 Å². The van der Waals surface area contributed by atoms with Gasteiger partial charge in [-0.2, -0.15) is 5.10 Å². The number of hydrogen-bond donors (Lipinski definition) is 2. The van der Waals surface area contributed by atoms with Crippen molar-refractivity contribution in [1.29, 1.82) is 0 Å². The fourth-order valence-corrected chi connectivity index (χ4v) is 1.51. The highest BCUT2D eigenvalue weighted by Crippen LogP contribution is 2.12. The van der Waals surface area contributed by atoms with Crippen molar-refractivity contribution >= 4 is 11.6 Å². The maximum Gasteiger partial charge on any atom is 0.259 e. The highest BCUT2D eigenvalue weighted by molar-refractivity contribution is 6.04. The summed E-state index contributed by atoms with van der Waals surface area (Å²) in [5.41, 5.74) is 3.18. The molecule has 0 atom stereocenters. The molecule has 0 aliphatic rings. The van der Waals surface area contributed by atoms with E-state index in [2.05, 4.69) is 15.5 Å². The molecule has 0 spiro atoms. The van der Waals surface area contributed by atoms with Crippen LogP contribution in [0.2, 0.25) is 0 Å². The van der Waals surface area contributed by atoms with Crippen molar-refractivity contribution in [3.05, 3.63) is 47.3 Å². The maximum absolute atomic E-state index is 11.8. The third kappa shape index (κ3) is 2.11. The zero-order chi connectivity index (χ0) is 11.5. The van der Waals surface area contributed by atoms with Gasteiger partial charge in [0, 0.05) is 11.9 Å². The van der Waals surface area contributed by atoms with E-state index in [1.165, 1.54) is 0 Å². The van der Waals surface area contributed by atoms with E-state index in [1.54, 1.807) is 13.1 Å². The molecule has 2 N–H and O–H groups in total. The third-order valence-electron chi connectivity index (χ3n) is 2.35. The highest BCUT2D eigenvalue weighted by Gasteiger charge is 2.10. The van der Waals surface area contributed by atoms with Gasteiger partial charge in [0.1, 0.15) is 0 Å². The molecule has 4 nitrogen and oxygen atoms in total. The van der Waals surface area contributed by atoms with E-state index in [9.17, 15) is 4.79 Å². The summed E-state index contributed by atoms with van der Waals surface area (Å²) in [5.74, 6) is -0.142. The lowest BCUT2D eigenvalue weighted by Crippen LogP contribution is -2.12. The van der Waals surface area contributed by atoms with Crippen molar-refractivity contribution in [1.82, 2.24) is 10.2 Å². The molecule has 82 valence electrons. The first kappa shape index (κ1) is 10.4. The third-order valence-corrected chi connectivity index (χ3v) is 2.35. The zero-order valence-corrected chi connectivity index (χ0v) is 9.24. The number of benzene rings is 1. The summed E-state index contributed by atoms with van der Waals surface area (Å²) in [7, 11) is 0. The fourth-order valence-electron chi connectivity index (χ4n) is 1.51. The SMILES string of the molecule is Cc1cccc(NC(=O)c2c[nH]nc2C)c1. The lowest BCUT2D eigenvalue weighted by atomic mass is 10.2. The number of rotatable bonds is 2. The van der Waals surface area contributed by atoms with Gasteiger partial charge in [0.05, 0.1) is 11.3 Å². The molecule has 0 fully saturated rings. The Balaban J connectivity index is 2.17. The Morgan fingerprint density at radius 2 is 2.19 bits per heavy atom. The fraction of sp³-hybridized carbons (Fsp3) is 0.167. The minimum absolute atomic E-state index is 0.142. The number of nitrogens with zero attached hydrogens (tertiary/aromatic N) is 1. The first-order valence-corrected chi connectivity index (χ1v) is 5.05. The second-order valence-electron chi connectivity index (χ2n) is 3.71.